The van der Waals surface area contributed by atoms with Crippen molar-refractivity contribution in [3.63, 3.8) is 0 Å². The smallest absolute Gasteiger partial charge is 0.255 e. The lowest BCUT2D eigenvalue weighted by Gasteiger charge is -2.10. The minimum atomic E-state index is -0.139. The van der Waals surface area contributed by atoms with Gasteiger partial charge in [0.2, 0.25) is 0 Å². The highest BCUT2D eigenvalue weighted by molar-refractivity contribution is 6.11. The predicted octanol–water partition coefficient (Wildman–Crippen LogP) is 0.837. The van der Waals surface area contributed by atoms with Crippen LogP contribution in [0, 0.1) is 0 Å². The quantitative estimate of drug-likeness (QED) is 0.765. The third kappa shape index (κ3) is 1.23. The van der Waals surface area contributed by atoms with E-state index >= 15 is 0 Å². The Bertz CT molecular complexity index is 602. The zero-order chi connectivity index (χ0) is 11.1. The standard InChI is InChI=1S/C10H8N4O2/c11-9-4-10(15)14(13-9)6-1-2-8-7(3-6)12-5-16-8/h1-3,5H,4H2,(H2,11,13). The van der Waals surface area contributed by atoms with Crippen molar-refractivity contribution >= 4 is 28.5 Å². The molecule has 0 saturated carbocycles. The molecule has 80 valence electrons. The van der Waals surface area contributed by atoms with Gasteiger partial charge in [0.05, 0.1) is 12.1 Å². The van der Waals surface area contributed by atoms with Crippen molar-refractivity contribution in [1.82, 2.24) is 4.98 Å². The minimum absolute atomic E-state index is 0.139. The molecule has 0 spiro atoms. The molecule has 2 heterocycles. The van der Waals surface area contributed by atoms with Crippen LogP contribution in [0.1, 0.15) is 6.42 Å². The van der Waals surface area contributed by atoms with E-state index in [0.717, 1.165) is 0 Å². The monoisotopic (exact) mass is 216 g/mol. The number of rotatable bonds is 1. The zero-order valence-electron chi connectivity index (χ0n) is 8.25. The summed E-state index contributed by atoms with van der Waals surface area (Å²) >= 11 is 0. The molecule has 1 amide bonds. The van der Waals surface area contributed by atoms with Gasteiger partial charge in [-0.2, -0.15) is 10.1 Å². The molecule has 2 N–H and O–H groups in total. The summed E-state index contributed by atoms with van der Waals surface area (Å²) in [6.07, 6.45) is 1.52. The molecule has 3 rings (SSSR count). The molecular formula is C10H8N4O2. The van der Waals surface area contributed by atoms with E-state index in [4.69, 9.17) is 10.2 Å². The number of aromatic nitrogens is 1. The second-order valence-electron chi connectivity index (χ2n) is 3.48. The molecule has 0 saturated heterocycles. The summed E-state index contributed by atoms with van der Waals surface area (Å²) in [6.45, 7) is 0. The van der Waals surface area contributed by atoms with Gasteiger partial charge in [0.15, 0.2) is 12.0 Å². The molecule has 0 fully saturated rings. The SMILES string of the molecule is NC1=NN(c2ccc3ocnc3c2)C(=O)C1. The summed E-state index contributed by atoms with van der Waals surface area (Å²) in [4.78, 5) is 15.6. The van der Waals surface area contributed by atoms with Crippen LogP contribution in [-0.2, 0) is 4.79 Å². The normalized spacial score (nSPS) is 15.9. The molecular weight excluding hydrogens is 208 g/mol. The van der Waals surface area contributed by atoms with E-state index < -0.39 is 0 Å². The number of carbonyl (C=O) groups excluding carboxylic acids is 1. The first-order valence-electron chi connectivity index (χ1n) is 4.73. The Morgan fingerprint density at radius 3 is 3.06 bits per heavy atom. The molecule has 0 aliphatic carbocycles. The van der Waals surface area contributed by atoms with Crippen molar-refractivity contribution in [2.24, 2.45) is 10.8 Å². The number of nitrogens with two attached hydrogens (primary N) is 1. The van der Waals surface area contributed by atoms with Crippen LogP contribution in [0.25, 0.3) is 11.1 Å². The fourth-order valence-corrected chi connectivity index (χ4v) is 1.63. The Morgan fingerprint density at radius 1 is 1.44 bits per heavy atom. The van der Waals surface area contributed by atoms with Crippen molar-refractivity contribution in [3.05, 3.63) is 24.6 Å². The van der Waals surface area contributed by atoms with Gasteiger partial charge in [0, 0.05) is 0 Å². The van der Waals surface area contributed by atoms with E-state index in [-0.39, 0.29) is 12.3 Å². The van der Waals surface area contributed by atoms with E-state index in [1.807, 2.05) is 0 Å². The van der Waals surface area contributed by atoms with Crippen molar-refractivity contribution < 1.29 is 9.21 Å². The molecule has 2 aromatic rings. The summed E-state index contributed by atoms with van der Waals surface area (Å²) in [6, 6.07) is 5.22. The Labute approximate surface area is 90.3 Å². The lowest BCUT2D eigenvalue weighted by molar-refractivity contribution is -0.116. The van der Waals surface area contributed by atoms with Crippen LogP contribution in [0.3, 0.4) is 0 Å². The van der Waals surface area contributed by atoms with Gasteiger partial charge in [-0.15, -0.1) is 0 Å². The van der Waals surface area contributed by atoms with Gasteiger partial charge < -0.3 is 10.2 Å². The molecule has 0 unspecified atom stereocenters. The fraction of sp³-hybridized carbons (Fsp3) is 0.100. The lowest BCUT2D eigenvalue weighted by atomic mass is 10.2. The molecule has 1 aromatic carbocycles. The average molecular weight is 216 g/mol. The topological polar surface area (TPSA) is 84.7 Å². The summed E-state index contributed by atoms with van der Waals surface area (Å²) < 4.78 is 5.11. The first-order chi connectivity index (χ1) is 7.74. The maximum absolute atomic E-state index is 11.5. The third-order valence-electron chi connectivity index (χ3n) is 2.36. The van der Waals surface area contributed by atoms with Gasteiger partial charge in [-0.3, -0.25) is 4.79 Å². The van der Waals surface area contributed by atoms with Gasteiger partial charge in [0.25, 0.3) is 5.91 Å². The van der Waals surface area contributed by atoms with E-state index in [1.165, 1.54) is 11.4 Å². The van der Waals surface area contributed by atoms with Crippen molar-refractivity contribution in [1.29, 1.82) is 0 Å². The number of hydrogen-bond donors (Lipinski definition) is 1. The minimum Gasteiger partial charge on any atom is -0.443 e. The second kappa shape index (κ2) is 3.06. The first-order valence-corrected chi connectivity index (χ1v) is 4.73. The summed E-state index contributed by atoms with van der Waals surface area (Å²) in [5.74, 6) is 0.186. The number of hydrazone groups is 1. The maximum Gasteiger partial charge on any atom is 0.255 e. The lowest BCUT2D eigenvalue weighted by Crippen LogP contribution is -2.19. The average Bonchev–Trinajstić information content (AvgIpc) is 2.83. The molecule has 6 nitrogen and oxygen atoms in total. The molecule has 0 bridgehead atoms. The third-order valence-corrected chi connectivity index (χ3v) is 2.36. The van der Waals surface area contributed by atoms with E-state index in [9.17, 15) is 4.79 Å². The first kappa shape index (κ1) is 8.90. The summed E-state index contributed by atoms with van der Waals surface area (Å²) in [5.41, 5.74) is 7.50. The molecule has 0 atom stereocenters. The van der Waals surface area contributed by atoms with E-state index in [1.54, 1.807) is 18.2 Å². The van der Waals surface area contributed by atoms with Crippen LogP contribution in [0.5, 0.6) is 0 Å². The van der Waals surface area contributed by atoms with Crippen LogP contribution in [-0.4, -0.2) is 16.7 Å². The maximum atomic E-state index is 11.5. The highest BCUT2D eigenvalue weighted by Crippen LogP contribution is 2.23. The van der Waals surface area contributed by atoms with Gasteiger partial charge in [0.1, 0.15) is 11.4 Å². The van der Waals surface area contributed by atoms with Crippen molar-refractivity contribution in [2.45, 2.75) is 6.42 Å². The van der Waals surface area contributed by atoms with Gasteiger partial charge in [-0.05, 0) is 18.2 Å². The number of carbonyl (C=O) groups is 1. The van der Waals surface area contributed by atoms with Gasteiger partial charge in [-0.25, -0.2) is 4.98 Å². The largest absolute Gasteiger partial charge is 0.443 e. The Hall–Kier alpha value is -2.37. The van der Waals surface area contributed by atoms with Crippen LogP contribution in [0.15, 0.2) is 34.1 Å². The Kier molecular flexibility index (Phi) is 1.70. The number of hydrogen-bond acceptors (Lipinski definition) is 5. The zero-order valence-corrected chi connectivity index (χ0v) is 8.25. The molecule has 16 heavy (non-hydrogen) atoms. The highest BCUT2D eigenvalue weighted by Gasteiger charge is 2.23. The number of benzene rings is 1. The predicted molar refractivity (Wildman–Crippen MR) is 57.7 cm³/mol. The summed E-state index contributed by atoms with van der Waals surface area (Å²) in [5, 5.41) is 5.23. The summed E-state index contributed by atoms with van der Waals surface area (Å²) in [7, 11) is 0. The number of anilines is 1. The Balaban J connectivity index is 2.08. The number of amides is 1. The van der Waals surface area contributed by atoms with E-state index in [0.29, 0.717) is 22.6 Å². The van der Waals surface area contributed by atoms with Crippen LogP contribution in [0.4, 0.5) is 5.69 Å². The fourth-order valence-electron chi connectivity index (χ4n) is 1.63. The molecule has 0 radical (unpaired) electrons. The van der Waals surface area contributed by atoms with Gasteiger partial charge in [-0.1, -0.05) is 0 Å². The number of fused-ring (bicyclic) bond motifs is 1. The number of amidine groups is 1. The van der Waals surface area contributed by atoms with Gasteiger partial charge >= 0.3 is 0 Å². The van der Waals surface area contributed by atoms with Crippen molar-refractivity contribution in [3.8, 4) is 0 Å². The van der Waals surface area contributed by atoms with Crippen LogP contribution >= 0.6 is 0 Å². The van der Waals surface area contributed by atoms with Crippen LogP contribution < -0.4 is 10.7 Å². The Morgan fingerprint density at radius 2 is 2.31 bits per heavy atom. The van der Waals surface area contributed by atoms with E-state index in [2.05, 4.69) is 10.1 Å². The molecule has 6 heteroatoms. The molecule has 1 aromatic heterocycles. The second-order valence-corrected chi connectivity index (χ2v) is 3.48. The van der Waals surface area contributed by atoms with Crippen molar-refractivity contribution in [2.75, 3.05) is 5.01 Å². The molecule has 1 aliphatic rings. The number of nitrogens with zero attached hydrogens (tertiary/aromatic N) is 3. The number of oxazole rings is 1. The molecule has 1 aliphatic heterocycles. The highest BCUT2D eigenvalue weighted by atomic mass is 16.3. The van der Waals surface area contributed by atoms with Crippen LogP contribution in [0.2, 0.25) is 0 Å².